The van der Waals surface area contributed by atoms with Gasteiger partial charge in [0.05, 0.1) is 39.7 Å². The number of benzene rings is 2. The van der Waals surface area contributed by atoms with E-state index >= 15 is 0 Å². The quantitative estimate of drug-likeness (QED) is 0.135. The van der Waals surface area contributed by atoms with Gasteiger partial charge in [-0.05, 0) is 127 Å². The fraction of sp³-hybridized carbons (Fsp3) is 0.273. The number of para-hydroxylation sites is 1. The highest BCUT2D eigenvalue weighted by Crippen LogP contribution is 2.28. The van der Waals surface area contributed by atoms with Gasteiger partial charge in [-0.2, -0.15) is 0 Å². The molecule has 0 saturated carbocycles. The Kier molecular flexibility index (Phi) is 19.4. The van der Waals surface area contributed by atoms with Crippen LogP contribution in [-0.4, -0.2) is 168 Å². The predicted molar refractivity (Wildman–Crippen MR) is 331 cm³/mol. The third-order valence-corrected chi connectivity index (χ3v) is 15.7. The molecule has 20 nitrogen and oxygen atoms in total. The van der Waals surface area contributed by atoms with Crippen LogP contribution < -0.4 is 19.6 Å². The van der Waals surface area contributed by atoms with Gasteiger partial charge in [-0.3, -0.25) is 73.3 Å². The molecule has 0 atom stereocenters. The lowest BCUT2D eigenvalue weighted by molar-refractivity contribution is 0.0676. The van der Waals surface area contributed by atoms with Crippen LogP contribution in [0.1, 0.15) is 95.7 Å². The molecule has 8 aliphatic heterocycles. The van der Waals surface area contributed by atoms with Crippen molar-refractivity contribution in [1.82, 2.24) is 49.5 Å². The van der Waals surface area contributed by atoms with Crippen LogP contribution in [0.5, 0.6) is 0 Å². The average Bonchev–Trinajstić information content (AvgIpc) is 2.96. The average molecular weight is 1160 g/mol. The maximum absolute atomic E-state index is 11.3. The Morgan fingerprint density at radius 2 is 0.744 bits per heavy atom. The molecule has 14 heterocycles. The van der Waals surface area contributed by atoms with Gasteiger partial charge < -0.3 is 19.6 Å². The highest BCUT2D eigenvalue weighted by atomic mass is 16.2. The van der Waals surface area contributed by atoms with Crippen molar-refractivity contribution >= 4 is 58.3 Å². The zero-order valence-corrected chi connectivity index (χ0v) is 49.8. The molecule has 0 unspecified atom stereocenters. The minimum absolute atomic E-state index is 0.212. The van der Waals surface area contributed by atoms with E-state index in [-0.39, 0.29) is 41.1 Å². The lowest BCUT2D eigenvalue weighted by atomic mass is 10.1. The molecule has 86 heavy (non-hydrogen) atoms. The van der Waals surface area contributed by atoms with Gasteiger partial charge in [0.1, 0.15) is 11.5 Å². The van der Waals surface area contributed by atoms with E-state index in [0.717, 1.165) is 66.1 Å². The number of carbonyl (C=O) groups excluding carboxylic acids is 6. The number of imide groups is 3. The number of likely N-dealkylation sites (N-methyl/N-ethyl adjacent to an activating group) is 4. The van der Waals surface area contributed by atoms with Gasteiger partial charge in [-0.15, -0.1) is 0 Å². The summed E-state index contributed by atoms with van der Waals surface area (Å²) in [5.41, 5.74) is 15.0. The van der Waals surface area contributed by atoms with E-state index in [2.05, 4.69) is 138 Å². The van der Waals surface area contributed by atoms with Crippen molar-refractivity contribution in [3.63, 3.8) is 0 Å². The summed E-state index contributed by atoms with van der Waals surface area (Å²) in [6.07, 6.45) is 22.4. The topological polar surface area (TPSA) is 206 Å². The Morgan fingerprint density at radius 1 is 0.314 bits per heavy atom. The van der Waals surface area contributed by atoms with Crippen LogP contribution in [-0.2, 0) is 38.8 Å². The summed E-state index contributed by atoms with van der Waals surface area (Å²) in [6.45, 7) is 6.72. The monoisotopic (exact) mass is 1150 g/mol. The Morgan fingerprint density at radius 3 is 1.36 bits per heavy atom. The van der Waals surface area contributed by atoms with E-state index in [1.165, 1.54) is 110 Å². The zero-order chi connectivity index (χ0) is 61.0. The second-order valence-corrected chi connectivity index (χ2v) is 21.5. The van der Waals surface area contributed by atoms with E-state index < -0.39 is 0 Å². The third kappa shape index (κ3) is 13.6. The van der Waals surface area contributed by atoms with E-state index in [1.807, 2.05) is 49.4 Å². The van der Waals surface area contributed by atoms with Gasteiger partial charge in [0.15, 0.2) is 0 Å². The van der Waals surface area contributed by atoms with Crippen molar-refractivity contribution in [3.8, 4) is 0 Å². The number of nitrogens with zero attached hydrogens (tertiary/aromatic N) is 14. The maximum atomic E-state index is 11.3. The van der Waals surface area contributed by atoms with Crippen LogP contribution >= 0.6 is 0 Å². The fourth-order valence-electron chi connectivity index (χ4n) is 10.7. The summed E-state index contributed by atoms with van der Waals surface area (Å²) in [4.78, 5) is 106. The molecular weight excluding hydrogens is 1080 g/mol. The molecule has 6 amide bonds. The molecule has 6 aromatic heterocycles. The van der Waals surface area contributed by atoms with Gasteiger partial charge in [-0.25, -0.2) is 4.98 Å². The second kappa shape index (κ2) is 27.5. The van der Waals surface area contributed by atoms with Crippen LogP contribution in [0.3, 0.4) is 0 Å². The number of hydrogen-bond donors (Lipinski definition) is 0. The Hall–Kier alpha value is -10.1. The molecule has 16 rings (SSSR count). The number of aromatic nitrogens is 6. The van der Waals surface area contributed by atoms with E-state index in [0.29, 0.717) is 27.8 Å². The fourth-order valence-corrected chi connectivity index (χ4v) is 10.7. The van der Waals surface area contributed by atoms with Gasteiger partial charge in [0.2, 0.25) is 0 Å². The molecule has 0 radical (unpaired) electrons. The number of carbonyl (C=O) groups is 6. The summed E-state index contributed by atoms with van der Waals surface area (Å²) in [6, 6.07) is 30.6. The van der Waals surface area contributed by atoms with E-state index in [9.17, 15) is 28.8 Å². The number of anilines is 4. The molecule has 440 valence electrons. The van der Waals surface area contributed by atoms with Crippen LogP contribution in [0.4, 0.5) is 22.9 Å². The smallest absolute Gasteiger partial charge is 0.279 e. The number of fused-ring (bicyclic) bond motifs is 8. The summed E-state index contributed by atoms with van der Waals surface area (Å²) in [5.74, 6) is -0.395. The lowest BCUT2D eigenvalue weighted by Crippen LogP contribution is -2.24. The van der Waals surface area contributed by atoms with Crippen LogP contribution in [0.25, 0.3) is 0 Å². The standard InChI is InChI=1S/C9H7NO2.C9H11N.2C8H6N2O2.4C8H10N2/c1-10-8(11)6-4-2-3-5-7(6)9(10)12;1-10-7-6-8-4-2-3-5-9(8)10;1-10-7(11)5-2-3-9-4-6(5)8(10)12;1-10-7(11)5-3-2-4-9-6(5)8(10)12;1-10-5-3-7-6-9-4-2-8(7)10;1-10-5-3-7-2-4-9-6-8(7)10;1-10-5-7-2-3-9-4-8(7)6-10;1-10-6-4-7-3-2-5-9-8(7)10/h2-5H,1H3;2-5H,6-7H2,1H3;2*2-4H,1H3;2*2,4,6H,3,5H2,1H3;2-4H,5-6H2,1H3;2-3,5H,4,6H2,1H3. The first-order valence-electron chi connectivity index (χ1n) is 28.3. The molecular formula is C66H70N14O6. The minimum Gasteiger partial charge on any atom is -0.374 e. The van der Waals surface area contributed by atoms with Crippen molar-refractivity contribution in [2.75, 3.05) is 102 Å². The molecule has 2 aromatic carbocycles. The van der Waals surface area contributed by atoms with Gasteiger partial charge in [-0.1, -0.05) is 36.4 Å². The van der Waals surface area contributed by atoms with Crippen LogP contribution in [0.2, 0.25) is 0 Å². The molecule has 0 fully saturated rings. The Balaban J connectivity index is 0.000000118. The number of rotatable bonds is 0. The predicted octanol–water partition coefficient (Wildman–Crippen LogP) is 7.45. The number of pyridine rings is 6. The molecule has 20 heteroatoms. The van der Waals surface area contributed by atoms with Gasteiger partial charge in [0.25, 0.3) is 35.4 Å². The molecule has 8 aromatic rings. The maximum Gasteiger partial charge on any atom is 0.279 e. The van der Waals surface area contributed by atoms with E-state index in [4.69, 9.17) is 0 Å². The summed E-state index contributed by atoms with van der Waals surface area (Å²) in [5, 5.41) is 0. The van der Waals surface area contributed by atoms with Crippen LogP contribution in [0, 0.1) is 0 Å². The summed E-state index contributed by atoms with van der Waals surface area (Å²) in [7, 11) is 15.0. The minimum atomic E-state index is -0.324. The van der Waals surface area contributed by atoms with Gasteiger partial charge >= 0.3 is 0 Å². The lowest BCUT2D eigenvalue weighted by Gasteiger charge is -2.10. The Bertz CT molecular complexity index is 3280. The summed E-state index contributed by atoms with van der Waals surface area (Å²) < 4.78 is 0. The zero-order valence-electron chi connectivity index (χ0n) is 49.8. The molecule has 0 N–H and O–H groups in total. The van der Waals surface area contributed by atoms with Crippen molar-refractivity contribution in [2.24, 2.45) is 0 Å². The van der Waals surface area contributed by atoms with Crippen molar-refractivity contribution in [2.45, 2.75) is 38.8 Å². The van der Waals surface area contributed by atoms with Crippen molar-refractivity contribution < 1.29 is 28.8 Å². The normalized spacial score (nSPS) is 15.6. The number of amides is 6. The first-order valence-corrected chi connectivity index (χ1v) is 28.3. The summed E-state index contributed by atoms with van der Waals surface area (Å²) >= 11 is 0. The highest BCUT2D eigenvalue weighted by Gasteiger charge is 2.35. The van der Waals surface area contributed by atoms with E-state index in [1.54, 1.807) is 42.5 Å². The molecule has 0 spiro atoms. The van der Waals surface area contributed by atoms with Crippen LogP contribution in [0.15, 0.2) is 159 Å². The largest absolute Gasteiger partial charge is 0.374 e. The first kappa shape index (κ1) is 60.5. The molecule has 8 aliphatic rings. The van der Waals surface area contributed by atoms with Crippen molar-refractivity contribution in [3.05, 3.63) is 226 Å². The number of hydrogen-bond acceptors (Lipinski definition) is 17. The third-order valence-electron chi connectivity index (χ3n) is 15.7. The first-order chi connectivity index (χ1) is 41.5. The molecule has 0 bridgehead atoms. The van der Waals surface area contributed by atoms with Gasteiger partial charge in [0, 0.05) is 156 Å². The molecule has 0 aliphatic carbocycles. The molecule has 0 saturated heterocycles. The van der Waals surface area contributed by atoms with Crippen molar-refractivity contribution in [1.29, 1.82) is 0 Å². The SMILES string of the molecule is CN1C(=O)c2ccccc2C1=O.CN1C(=O)c2cccnc2C1=O.CN1C(=O)c2ccncc2C1=O.CN1CCc2ccccc21.CN1CCc2cccnc21.CN1CCc2ccncc21.CN1CCc2cnccc21.CN1Cc2ccncc2C1. The Labute approximate surface area is 501 Å². The second-order valence-electron chi connectivity index (χ2n) is 21.5. The highest BCUT2D eigenvalue weighted by molar-refractivity contribution is 6.22.